The number of likely N-dealkylation sites (tertiary alicyclic amines) is 1. The fourth-order valence-electron chi connectivity index (χ4n) is 2.72. The highest BCUT2D eigenvalue weighted by Gasteiger charge is 2.27. The lowest BCUT2D eigenvalue weighted by atomic mass is 9.90. The summed E-state index contributed by atoms with van der Waals surface area (Å²) in [4.78, 5) is 13.7. The first-order valence-corrected chi connectivity index (χ1v) is 6.87. The minimum atomic E-state index is -0.348. The Hall–Kier alpha value is -0.810. The second kappa shape index (κ2) is 8.32. The van der Waals surface area contributed by atoms with E-state index in [9.17, 15) is 4.79 Å². The van der Waals surface area contributed by atoms with Gasteiger partial charge >= 0.3 is 6.09 Å². The number of nitrogens with one attached hydrogen (secondary N) is 1. The normalized spacial score (nSPS) is 24.8. The van der Waals surface area contributed by atoms with Gasteiger partial charge in [-0.05, 0) is 38.1 Å². The zero-order valence-electron chi connectivity index (χ0n) is 11.5. The molecule has 0 aromatic heterocycles. The molecule has 0 radical (unpaired) electrons. The summed E-state index contributed by atoms with van der Waals surface area (Å²) in [7, 11) is 1.39. The molecule has 0 bridgehead atoms. The van der Waals surface area contributed by atoms with Gasteiger partial charge in [-0.1, -0.05) is 6.92 Å². The molecule has 1 saturated heterocycles. The fraction of sp³-hybridized carbons (Fsp3) is 0.923. The van der Waals surface area contributed by atoms with Crippen LogP contribution < -0.4 is 5.32 Å². The van der Waals surface area contributed by atoms with Gasteiger partial charge in [-0.25, -0.2) is 4.79 Å². The third kappa shape index (κ3) is 5.23. The number of nitrogens with zero attached hydrogens (tertiary/aromatic N) is 1. The molecule has 1 aliphatic rings. The maximum Gasteiger partial charge on any atom is 0.407 e. The van der Waals surface area contributed by atoms with Crippen LogP contribution in [0.2, 0.25) is 0 Å². The van der Waals surface area contributed by atoms with Gasteiger partial charge in [0.05, 0.1) is 7.11 Å². The van der Waals surface area contributed by atoms with E-state index in [4.69, 9.17) is 5.11 Å². The summed E-state index contributed by atoms with van der Waals surface area (Å²) in [5.74, 6) is 0.555. The molecule has 1 aliphatic heterocycles. The van der Waals surface area contributed by atoms with Crippen LogP contribution in [0, 0.1) is 5.92 Å². The van der Waals surface area contributed by atoms with E-state index in [1.807, 2.05) is 0 Å². The van der Waals surface area contributed by atoms with Crippen molar-refractivity contribution in [2.24, 2.45) is 5.92 Å². The van der Waals surface area contributed by atoms with Crippen LogP contribution in [-0.4, -0.2) is 55.5 Å². The SMILES string of the molecule is CCCN1CC(CCCO)CC(NC(=O)OC)C1. The maximum absolute atomic E-state index is 11.3. The first kappa shape index (κ1) is 15.2. The van der Waals surface area contributed by atoms with Gasteiger partial charge in [-0.3, -0.25) is 0 Å². The second-order valence-electron chi connectivity index (χ2n) is 5.06. The topological polar surface area (TPSA) is 61.8 Å². The fourth-order valence-corrected chi connectivity index (χ4v) is 2.72. The summed E-state index contributed by atoms with van der Waals surface area (Å²) in [6, 6.07) is 0.168. The van der Waals surface area contributed by atoms with E-state index in [0.29, 0.717) is 5.92 Å². The molecule has 18 heavy (non-hydrogen) atoms. The number of amides is 1. The molecule has 1 heterocycles. The molecular formula is C13H26N2O3. The molecule has 2 unspecified atom stereocenters. The Morgan fingerprint density at radius 3 is 2.89 bits per heavy atom. The summed E-state index contributed by atoms with van der Waals surface area (Å²) in [6.45, 7) is 5.46. The van der Waals surface area contributed by atoms with Crippen LogP contribution >= 0.6 is 0 Å². The Morgan fingerprint density at radius 2 is 2.28 bits per heavy atom. The van der Waals surface area contributed by atoms with Crippen molar-refractivity contribution >= 4 is 6.09 Å². The molecular weight excluding hydrogens is 232 g/mol. The van der Waals surface area contributed by atoms with E-state index >= 15 is 0 Å². The smallest absolute Gasteiger partial charge is 0.407 e. The number of aliphatic hydroxyl groups excluding tert-OH is 1. The number of hydrogen-bond donors (Lipinski definition) is 2. The van der Waals surface area contributed by atoms with Crippen LogP contribution in [0.4, 0.5) is 4.79 Å². The highest BCUT2D eigenvalue weighted by atomic mass is 16.5. The average molecular weight is 258 g/mol. The molecule has 1 rings (SSSR count). The van der Waals surface area contributed by atoms with Crippen LogP contribution in [-0.2, 0) is 4.74 Å². The molecule has 0 saturated carbocycles. The molecule has 1 amide bonds. The molecule has 2 N–H and O–H groups in total. The predicted molar refractivity (Wildman–Crippen MR) is 70.5 cm³/mol. The van der Waals surface area contributed by atoms with E-state index in [2.05, 4.69) is 21.9 Å². The van der Waals surface area contributed by atoms with Crippen LogP contribution in [0.1, 0.15) is 32.6 Å². The van der Waals surface area contributed by atoms with Crippen LogP contribution in [0.5, 0.6) is 0 Å². The molecule has 1 fully saturated rings. The average Bonchev–Trinajstić information content (AvgIpc) is 2.36. The Kier molecular flexibility index (Phi) is 7.05. The first-order valence-electron chi connectivity index (χ1n) is 6.87. The van der Waals surface area contributed by atoms with Gasteiger partial charge in [0, 0.05) is 25.7 Å². The van der Waals surface area contributed by atoms with Crippen molar-refractivity contribution in [2.45, 2.75) is 38.6 Å². The second-order valence-corrected chi connectivity index (χ2v) is 5.06. The van der Waals surface area contributed by atoms with E-state index in [-0.39, 0.29) is 18.7 Å². The Labute approximate surface area is 109 Å². The summed E-state index contributed by atoms with van der Waals surface area (Å²) in [5.41, 5.74) is 0. The molecule has 0 aromatic carbocycles. The minimum absolute atomic E-state index is 0.168. The predicted octanol–water partition coefficient (Wildman–Crippen LogP) is 1.22. The van der Waals surface area contributed by atoms with Crippen molar-refractivity contribution in [3.05, 3.63) is 0 Å². The summed E-state index contributed by atoms with van der Waals surface area (Å²) < 4.78 is 4.66. The summed E-state index contributed by atoms with van der Waals surface area (Å²) in [6.07, 6.45) is 3.62. The molecule has 0 spiro atoms. The van der Waals surface area contributed by atoms with Crippen molar-refractivity contribution in [1.29, 1.82) is 0 Å². The van der Waals surface area contributed by atoms with Crippen LogP contribution in [0.15, 0.2) is 0 Å². The largest absolute Gasteiger partial charge is 0.453 e. The van der Waals surface area contributed by atoms with Crippen molar-refractivity contribution in [2.75, 3.05) is 33.4 Å². The van der Waals surface area contributed by atoms with Gasteiger partial charge in [0.2, 0.25) is 0 Å². The van der Waals surface area contributed by atoms with Crippen molar-refractivity contribution in [1.82, 2.24) is 10.2 Å². The number of ether oxygens (including phenoxy) is 1. The highest BCUT2D eigenvalue weighted by molar-refractivity contribution is 5.67. The summed E-state index contributed by atoms with van der Waals surface area (Å²) in [5, 5.41) is 11.8. The lowest BCUT2D eigenvalue weighted by molar-refractivity contribution is 0.118. The molecule has 5 heteroatoms. The van der Waals surface area contributed by atoms with Crippen molar-refractivity contribution in [3.8, 4) is 0 Å². The van der Waals surface area contributed by atoms with Crippen LogP contribution in [0.25, 0.3) is 0 Å². The number of alkyl carbamates (subject to hydrolysis) is 1. The van der Waals surface area contributed by atoms with E-state index < -0.39 is 0 Å². The molecule has 106 valence electrons. The quantitative estimate of drug-likeness (QED) is 0.752. The van der Waals surface area contributed by atoms with Gasteiger partial charge in [0.25, 0.3) is 0 Å². The van der Waals surface area contributed by atoms with Crippen molar-refractivity contribution in [3.63, 3.8) is 0 Å². The summed E-state index contributed by atoms with van der Waals surface area (Å²) >= 11 is 0. The van der Waals surface area contributed by atoms with E-state index in [1.54, 1.807) is 0 Å². The van der Waals surface area contributed by atoms with Crippen LogP contribution in [0.3, 0.4) is 0 Å². The van der Waals surface area contributed by atoms with Gasteiger partial charge in [-0.15, -0.1) is 0 Å². The van der Waals surface area contributed by atoms with Gasteiger partial charge in [0.15, 0.2) is 0 Å². The lowest BCUT2D eigenvalue weighted by Crippen LogP contribution is -2.51. The zero-order valence-corrected chi connectivity index (χ0v) is 11.5. The Morgan fingerprint density at radius 1 is 1.50 bits per heavy atom. The maximum atomic E-state index is 11.3. The number of piperidine rings is 1. The highest BCUT2D eigenvalue weighted by Crippen LogP contribution is 2.21. The number of methoxy groups -OCH3 is 1. The number of hydrogen-bond acceptors (Lipinski definition) is 4. The van der Waals surface area contributed by atoms with Gasteiger partial charge in [-0.2, -0.15) is 0 Å². The van der Waals surface area contributed by atoms with Gasteiger partial charge < -0.3 is 20.1 Å². The first-order chi connectivity index (χ1) is 8.69. The number of rotatable bonds is 6. The monoisotopic (exact) mass is 258 g/mol. The molecule has 2 atom stereocenters. The van der Waals surface area contributed by atoms with E-state index in [0.717, 1.165) is 45.3 Å². The zero-order chi connectivity index (χ0) is 13.4. The van der Waals surface area contributed by atoms with E-state index in [1.165, 1.54) is 7.11 Å². The third-order valence-electron chi connectivity index (χ3n) is 3.43. The molecule has 0 aromatic rings. The Bertz CT molecular complexity index is 248. The standard InChI is InChI=1S/C13H26N2O3/c1-3-6-15-9-11(5-4-7-16)8-12(10-15)14-13(17)18-2/h11-12,16H,3-10H2,1-2H3,(H,14,17). The Balaban J connectivity index is 2.47. The van der Waals surface area contributed by atoms with Gasteiger partial charge in [0.1, 0.15) is 0 Å². The van der Waals surface area contributed by atoms with Crippen molar-refractivity contribution < 1.29 is 14.6 Å². The third-order valence-corrected chi connectivity index (χ3v) is 3.43. The molecule has 0 aliphatic carbocycles. The molecule has 5 nitrogen and oxygen atoms in total. The minimum Gasteiger partial charge on any atom is -0.453 e. The number of carbonyl (C=O) groups excluding carboxylic acids is 1. The number of aliphatic hydroxyl groups is 1. The lowest BCUT2D eigenvalue weighted by Gasteiger charge is -2.37. The number of carbonyl (C=O) groups is 1.